The van der Waals surface area contributed by atoms with Crippen molar-refractivity contribution in [3.63, 3.8) is 0 Å². The van der Waals surface area contributed by atoms with Gasteiger partial charge in [-0.1, -0.05) is 71.4 Å². The number of nitrogens with two attached hydrogens (primary N) is 2. The molecular formula is C40H56BrIN16OS. The number of aromatic nitrogens is 8. The van der Waals surface area contributed by atoms with Gasteiger partial charge in [0.25, 0.3) is 0 Å². The topological polar surface area (TPSA) is 232 Å². The van der Waals surface area contributed by atoms with E-state index in [0.717, 1.165) is 89.0 Å². The highest BCUT2D eigenvalue weighted by atomic mass is 127. The van der Waals surface area contributed by atoms with E-state index in [1.54, 1.807) is 11.8 Å². The molecule has 0 atom stereocenters. The number of aryl methyl sites for hydroxylation is 2. The van der Waals surface area contributed by atoms with Gasteiger partial charge in [0.1, 0.15) is 35.7 Å². The number of nitrogens with zero attached hydrogens (tertiary/aromatic N) is 10. The molecule has 0 unspecified atom stereocenters. The molecule has 20 heteroatoms. The fourth-order valence-corrected chi connectivity index (χ4v) is 7.42. The van der Waals surface area contributed by atoms with Crippen LogP contribution in [-0.2, 0) is 11.1 Å². The Morgan fingerprint density at radius 3 is 1.55 bits per heavy atom. The Morgan fingerprint density at radius 2 is 1.17 bits per heavy atom. The normalized spacial score (nSPS) is 13.3. The smallest absolute Gasteiger partial charge is 0.191 e. The van der Waals surface area contributed by atoms with Gasteiger partial charge in [0.2, 0.25) is 0 Å². The Labute approximate surface area is 380 Å². The van der Waals surface area contributed by atoms with Gasteiger partial charge in [-0.25, -0.2) is 29.3 Å². The molecule has 60 heavy (non-hydrogen) atoms. The number of fused-ring (bicyclic) bond motifs is 2. The van der Waals surface area contributed by atoms with Gasteiger partial charge in [0.15, 0.2) is 22.4 Å². The summed E-state index contributed by atoms with van der Waals surface area (Å²) in [5.41, 5.74) is 19.2. The highest BCUT2D eigenvalue weighted by molar-refractivity contribution is 14.0. The van der Waals surface area contributed by atoms with Gasteiger partial charge in [-0.3, -0.25) is 14.3 Å². The average Bonchev–Trinajstić information content (AvgIpc) is 4.07. The molecule has 0 amide bonds. The third kappa shape index (κ3) is 11.4. The maximum Gasteiger partial charge on any atom is 0.191 e. The first-order chi connectivity index (χ1) is 28.3. The molecule has 0 aliphatic carbocycles. The van der Waals surface area contributed by atoms with Crippen LogP contribution in [0.2, 0.25) is 0 Å². The fraction of sp³-hybridized carbons (Fsp3) is 0.400. The summed E-state index contributed by atoms with van der Waals surface area (Å²) in [5, 5.41) is 29.1. The van der Waals surface area contributed by atoms with Crippen molar-refractivity contribution >= 4 is 96.7 Å². The summed E-state index contributed by atoms with van der Waals surface area (Å²) in [6.45, 7) is 17.5. The van der Waals surface area contributed by atoms with E-state index in [2.05, 4.69) is 144 Å². The van der Waals surface area contributed by atoms with E-state index in [0.29, 0.717) is 24.7 Å². The summed E-state index contributed by atoms with van der Waals surface area (Å²) in [5.74, 6) is 1.71. The molecule has 2 aliphatic rings. The number of nitrogen functional groups attached to an aromatic ring is 2. The van der Waals surface area contributed by atoms with Crippen LogP contribution in [0.4, 0.5) is 11.6 Å². The second kappa shape index (κ2) is 21.7. The SMILES string of the molecule is CO.CSC1=NCCN1.Cc1ccc(-c2nn(C(C)(C)CNBr)c3ncnc(N)c23)cc1.Cc1ccc(-c2nn(C(C)(C)CNC3=NCCN3)c3ncnc(N)c23)cc1.I. The third-order valence-electron chi connectivity index (χ3n) is 9.48. The lowest BCUT2D eigenvalue weighted by Gasteiger charge is -2.26. The van der Waals surface area contributed by atoms with Crippen LogP contribution >= 0.6 is 51.9 Å². The molecule has 17 nitrogen and oxygen atoms in total. The zero-order valence-electron chi connectivity index (χ0n) is 35.3. The summed E-state index contributed by atoms with van der Waals surface area (Å²) in [7, 11) is 1.00. The van der Waals surface area contributed by atoms with Crippen molar-refractivity contribution in [1.29, 1.82) is 0 Å². The summed E-state index contributed by atoms with van der Waals surface area (Å²) in [6.07, 6.45) is 4.99. The monoisotopic (exact) mass is 1010 g/mol. The molecule has 0 saturated carbocycles. The number of benzene rings is 2. The number of halogens is 2. The van der Waals surface area contributed by atoms with Crippen LogP contribution in [0, 0.1) is 13.8 Å². The van der Waals surface area contributed by atoms with E-state index >= 15 is 0 Å². The second-order valence-electron chi connectivity index (χ2n) is 14.9. The molecule has 2 aromatic carbocycles. The molecule has 4 aromatic heterocycles. The number of anilines is 2. The van der Waals surface area contributed by atoms with Gasteiger partial charge in [-0.2, -0.15) is 10.2 Å². The van der Waals surface area contributed by atoms with Crippen LogP contribution < -0.4 is 31.8 Å². The molecule has 0 saturated heterocycles. The highest BCUT2D eigenvalue weighted by Crippen LogP contribution is 2.34. The molecule has 0 fully saturated rings. The lowest BCUT2D eigenvalue weighted by molar-refractivity contribution is 0.327. The summed E-state index contributed by atoms with van der Waals surface area (Å²) in [6, 6.07) is 16.4. The fourth-order valence-electron chi connectivity index (χ4n) is 6.26. The van der Waals surface area contributed by atoms with Gasteiger partial charge in [0.05, 0.1) is 34.9 Å². The first-order valence-corrected chi connectivity index (χ1v) is 21.1. The van der Waals surface area contributed by atoms with Crippen molar-refractivity contribution in [2.24, 2.45) is 9.98 Å². The standard InChI is InChI=1S/C19H24N8.C16H19BrN6.C4H8N2S.CH4O.HI/c1-12-4-6-13(7-5-12)15-14-16(20)24-11-25-17(14)27(26-15)19(2,3)10-23-18-21-8-9-22-18;1-10-4-6-11(7-5-10)13-12-14(18)19-9-20-15(12)23(22-13)16(2,3)8-21-17;1-7-4-5-2-3-6-4;1-2;/h4-7,11H,8-10H2,1-3H3,(H2,20,24,25)(H2,21,22,23);4-7,9,21H,8H2,1-3H3,(H2,18,19,20);2-3H2,1H3,(H,5,6);2H,1H3;1H. The van der Waals surface area contributed by atoms with Gasteiger partial charge < -0.3 is 32.5 Å². The first kappa shape index (κ1) is 48.0. The van der Waals surface area contributed by atoms with E-state index in [1.165, 1.54) is 23.8 Å². The first-order valence-electron chi connectivity index (χ1n) is 19.1. The molecular weight excluding hydrogens is 959 g/mol. The van der Waals surface area contributed by atoms with E-state index in [-0.39, 0.29) is 35.1 Å². The maximum atomic E-state index is 7.00. The molecule has 322 valence electrons. The van der Waals surface area contributed by atoms with E-state index in [1.807, 2.05) is 27.8 Å². The van der Waals surface area contributed by atoms with Crippen molar-refractivity contribution in [2.45, 2.75) is 52.6 Å². The van der Waals surface area contributed by atoms with Crippen LogP contribution in [0.5, 0.6) is 0 Å². The lowest BCUT2D eigenvalue weighted by Crippen LogP contribution is -2.44. The number of nitrogens with one attached hydrogen (secondary N) is 4. The molecule has 6 heterocycles. The Bertz CT molecular complexity index is 2380. The minimum atomic E-state index is -0.352. The van der Waals surface area contributed by atoms with Crippen molar-refractivity contribution in [3.05, 3.63) is 72.3 Å². The number of aliphatic imine (C=N–C) groups is 2. The molecule has 0 radical (unpaired) electrons. The lowest BCUT2D eigenvalue weighted by atomic mass is 10.1. The summed E-state index contributed by atoms with van der Waals surface area (Å²) in [4.78, 5) is 25.7. The predicted octanol–water partition coefficient (Wildman–Crippen LogP) is 5.22. The van der Waals surface area contributed by atoms with E-state index in [9.17, 15) is 0 Å². The largest absolute Gasteiger partial charge is 0.400 e. The summed E-state index contributed by atoms with van der Waals surface area (Å²) < 4.78 is 6.85. The number of guanidine groups is 1. The molecule has 9 N–H and O–H groups in total. The molecule has 0 bridgehead atoms. The number of aliphatic hydroxyl groups is 1. The van der Waals surface area contributed by atoms with Crippen LogP contribution in [0.25, 0.3) is 44.6 Å². The van der Waals surface area contributed by atoms with Crippen LogP contribution in [0.15, 0.2) is 71.2 Å². The molecule has 2 aliphatic heterocycles. The second-order valence-corrected chi connectivity index (χ2v) is 16.3. The zero-order valence-corrected chi connectivity index (χ0v) is 40.0. The van der Waals surface area contributed by atoms with Gasteiger partial charge in [0, 0.05) is 60.6 Å². The zero-order chi connectivity index (χ0) is 42.7. The number of rotatable bonds is 8. The van der Waals surface area contributed by atoms with Gasteiger partial charge >= 0.3 is 0 Å². The van der Waals surface area contributed by atoms with Crippen LogP contribution in [0.3, 0.4) is 0 Å². The quantitative estimate of drug-likeness (QED) is 0.0766. The number of hydrogen-bond acceptors (Lipinski definition) is 16. The van der Waals surface area contributed by atoms with Gasteiger partial charge in [-0.05, 0) is 47.8 Å². The summed E-state index contributed by atoms with van der Waals surface area (Å²) >= 11 is 4.94. The minimum Gasteiger partial charge on any atom is -0.400 e. The van der Waals surface area contributed by atoms with E-state index in [4.69, 9.17) is 26.8 Å². The van der Waals surface area contributed by atoms with Crippen molar-refractivity contribution in [1.82, 2.24) is 59.8 Å². The van der Waals surface area contributed by atoms with Crippen LogP contribution in [0.1, 0.15) is 38.8 Å². The van der Waals surface area contributed by atoms with Crippen molar-refractivity contribution < 1.29 is 5.11 Å². The Morgan fingerprint density at radius 1 is 0.717 bits per heavy atom. The molecule has 0 spiro atoms. The van der Waals surface area contributed by atoms with Crippen molar-refractivity contribution in [3.8, 4) is 22.5 Å². The molecule has 6 aromatic rings. The minimum absolute atomic E-state index is 0. The van der Waals surface area contributed by atoms with E-state index < -0.39 is 0 Å². The number of amidine groups is 1. The van der Waals surface area contributed by atoms with Crippen molar-refractivity contribution in [2.75, 3.05) is 64.1 Å². The molecule has 8 rings (SSSR count). The maximum absolute atomic E-state index is 7.00. The number of thioether (sulfide) groups is 1. The number of hydrogen-bond donors (Lipinski definition) is 7. The van der Waals surface area contributed by atoms with Crippen LogP contribution in [-0.4, -0.2) is 108 Å². The Balaban J connectivity index is 0.000000218. The third-order valence-corrected chi connectivity index (χ3v) is 10.4. The highest BCUT2D eigenvalue weighted by Gasteiger charge is 2.29. The average molecular weight is 1020 g/mol. The van der Waals surface area contributed by atoms with Gasteiger partial charge in [-0.15, -0.1) is 24.0 Å². The predicted molar refractivity (Wildman–Crippen MR) is 261 cm³/mol. The Kier molecular flexibility index (Phi) is 17.4. The number of aliphatic hydroxyl groups excluding tert-OH is 1. The Hall–Kier alpha value is -4.64.